The second-order valence-corrected chi connectivity index (χ2v) is 9.19. The maximum Gasteiger partial charge on any atom is 0.165 e. The molecule has 0 aromatic rings. The van der Waals surface area contributed by atoms with Gasteiger partial charge in [-0.1, -0.05) is 90.9 Å². The van der Waals surface area contributed by atoms with Gasteiger partial charge in [-0.3, -0.25) is 0 Å². The first-order valence-corrected chi connectivity index (χ1v) is 11.2. The first kappa shape index (κ1) is 18.5. The summed E-state index contributed by atoms with van der Waals surface area (Å²) in [5, 5.41) is 0. The minimum absolute atomic E-state index is 0.502. The smallest absolute Gasteiger partial charge is 0.165 e. The number of hydrogen-bond donors (Lipinski definition) is 0. The van der Waals surface area contributed by atoms with E-state index >= 15 is 0 Å². The van der Waals surface area contributed by atoms with E-state index < -0.39 is 8.11 Å². The molecule has 0 N–H and O–H groups in total. The minimum Gasteiger partial charge on any atom is -0.169 e. The highest BCUT2D eigenvalue weighted by Gasteiger charge is 2.06. The monoisotopic (exact) mass is 289 g/mol. The van der Waals surface area contributed by atoms with Gasteiger partial charge in [0.2, 0.25) is 0 Å². The van der Waals surface area contributed by atoms with E-state index in [9.17, 15) is 0 Å². The van der Waals surface area contributed by atoms with Crippen molar-refractivity contribution in [1.82, 2.24) is 0 Å². The Balaban J connectivity index is 3.10. The Labute approximate surface area is 122 Å². The molecular weight excluding hydrogens is 256 g/mol. The summed E-state index contributed by atoms with van der Waals surface area (Å²) in [6.45, 7) is 4.56. The summed E-state index contributed by atoms with van der Waals surface area (Å²) in [6, 6.07) is 2.68. The third-order valence-electron chi connectivity index (χ3n) is 3.60. The maximum absolute atomic E-state index is 6.46. The topological polar surface area (TPSA) is 0 Å². The molecule has 0 rings (SSSR count). The van der Waals surface area contributed by atoms with Gasteiger partial charge in [-0.25, -0.2) is 0 Å². The van der Waals surface area contributed by atoms with E-state index in [0.717, 1.165) is 0 Å². The van der Waals surface area contributed by atoms with Crippen LogP contribution in [0.4, 0.5) is 0 Å². The lowest BCUT2D eigenvalue weighted by Crippen LogP contribution is -2.02. The fourth-order valence-corrected chi connectivity index (χ4v) is 4.64. The fourth-order valence-electron chi connectivity index (χ4n) is 2.32. The van der Waals surface area contributed by atoms with E-state index in [-0.39, 0.29) is 0 Å². The summed E-state index contributed by atoms with van der Waals surface area (Å²) >= 11 is 6.46. The Kier molecular flexibility index (Phi) is 16.0. The van der Waals surface area contributed by atoms with Crippen molar-refractivity contribution in [1.29, 1.82) is 0 Å². The van der Waals surface area contributed by atoms with Gasteiger partial charge in [0.1, 0.15) is 0 Å². The van der Waals surface area contributed by atoms with Crippen LogP contribution in [0.2, 0.25) is 12.1 Å². The predicted molar refractivity (Wildman–Crippen MR) is 88.0 cm³/mol. The molecule has 0 aliphatic heterocycles. The third kappa shape index (κ3) is 14.6. The highest BCUT2D eigenvalue weighted by molar-refractivity contribution is 7.06. The van der Waals surface area contributed by atoms with Crippen molar-refractivity contribution in [3.63, 3.8) is 0 Å². The average Bonchev–Trinajstić information content (AvgIpc) is 2.38. The number of hydrogen-bond acceptors (Lipinski definition) is 0. The lowest BCUT2D eigenvalue weighted by Gasteiger charge is -2.07. The molecule has 0 bridgehead atoms. The molecule has 0 nitrogen and oxygen atoms in total. The number of halogens is 1. The molecule has 0 unspecified atom stereocenters. The highest BCUT2D eigenvalue weighted by Crippen LogP contribution is 2.16. The number of rotatable bonds is 14. The lowest BCUT2D eigenvalue weighted by molar-refractivity contribution is 0.618. The first-order chi connectivity index (χ1) is 8.81. The highest BCUT2D eigenvalue weighted by atomic mass is 35.6. The molecule has 0 aliphatic carbocycles. The third-order valence-corrected chi connectivity index (χ3v) is 6.53. The molecule has 0 saturated heterocycles. The van der Waals surface area contributed by atoms with Gasteiger partial charge in [-0.2, -0.15) is 11.1 Å². The first-order valence-electron chi connectivity index (χ1n) is 8.31. The van der Waals surface area contributed by atoms with Crippen molar-refractivity contribution in [2.24, 2.45) is 0 Å². The maximum atomic E-state index is 6.46. The van der Waals surface area contributed by atoms with Crippen LogP contribution in [0.25, 0.3) is 0 Å². The van der Waals surface area contributed by atoms with Crippen LogP contribution in [0, 0.1) is 0 Å². The van der Waals surface area contributed by atoms with E-state index in [1.54, 1.807) is 0 Å². The second-order valence-electron chi connectivity index (χ2n) is 5.55. The SMILES string of the molecule is CCCCCCCC[Si](Cl)CCCCCCCC. The fraction of sp³-hybridized carbons (Fsp3) is 1.00. The Bertz CT molecular complexity index is 134. The zero-order chi connectivity index (χ0) is 13.5. The normalized spacial score (nSPS) is 11.3. The van der Waals surface area contributed by atoms with Gasteiger partial charge in [-0.15, -0.1) is 0 Å². The summed E-state index contributed by atoms with van der Waals surface area (Å²) in [4.78, 5) is 0. The van der Waals surface area contributed by atoms with Gasteiger partial charge in [0.25, 0.3) is 0 Å². The molecule has 0 amide bonds. The molecule has 109 valence electrons. The van der Waals surface area contributed by atoms with Crippen LogP contribution in [0.15, 0.2) is 0 Å². The molecule has 0 aromatic heterocycles. The predicted octanol–water partition coefficient (Wildman–Crippen LogP) is 6.94. The van der Waals surface area contributed by atoms with Crippen LogP contribution >= 0.6 is 11.1 Å². The zero-order valence-corrected chi connectivity index (χ0v) is 14.5. The molecule has 0 aromatic carbocycles. The van der Waals surface area contributed by atoms with Crippen molar-refractivity contribution in [2.45, 2.75) is 103 Å². The summed E-state index contributed by atoms with van der Waals surface area (Å²) in [7, 11) is -0.502. The molecule has 2 heteroatoms. The van der Waals surface area contributed by atoms with Crippen molar-refractivity contribution in [3.8, 4) is 0 Å². The molecular formula is C16H34ClSi. The summed E-state index contributed by atoms with van der Waals surface area (Å²) in [5.41, 5.74) is 0. The van der Waals surface area contributed by atoms with Gasteiger partial charge in [-0.05, 0) is 12.1 Å². The summed E-state index contributed by atoms with van der Waals surface area (Å²) in [5.74, 6) is 0. The van der Waals surface area contributed by atoms with Crippen molar-refractivity contribution >= 4 is 19.2 Å². The van der Waals surface area contributed by atoms with Gasteiger partial charge in [0.05, 0.1) is 0 Å². The Morgan fingerprint density at radius 1 is 0.556 bits per heavy atom. The molecule has 0 aliphatic rings. The van der Waals surface area contributed by atoms with Crippen LogP contribution in [-0.2, 0) is 0 Å². The largest absolute Gasteiger partial charge is 0.169 e. The van der Waals surface area contributed by atoms with Gasteiger partial charge in [0, 0.05) is 0 Å². The van der Waals surface area contributed by atoms with Crippen LogP contribution in [0.3, 0.4) is 0 Å². The summed E-state index contributed by atoms with van der Waals surface area (Å²) < 4.78 is 0. The van der Waals surface area contributed by atoms with Gasteiger partial charge in [0.15, 0.2) is 8.11 Å². The van der Waals surface area contributed by atoms with E-state index in [2.05, 4.69) is 13.8 Å². The van der Waals surface area contributed by atoms with Crippen molar-refractivity contribution < 1.29 is 0 Å². The van der Waals surface area contributed by atoms with Crippen molar-refractivity contribution in [2.75, 3.05) is 0 Å². The minimum atomic E-state index is -0.502. The molecule has 0 saturated carbocycles. The van der Waals surface area contributed by atoms with Gasteiger partial charge < -0.3 is 0 Å². The second kappa shape index (κ2) is 15.6. The molecule has 0 spiro atoms. The van der Waals surface area contributed by atoms with E-state index in [4.69, 9.17) is 11.1 Å². The zero-order valence-electron chi connectivity index (χ0n) is 12.8. The van der Waals surface area contributed by atoms with Gasteiger partial charge >= 0.3 is 0 Å². The Hall–Kier alpha value is 0.507. The lowest BCUT2D eigenvalue weighted by atomic mass is 10.1. The van der Waals surface area contributed by atoms with Crippen LogP contribution in [0.1, 0.15) is 90.9 Å². The molecule has 0 fully saturated rings. The molecule has 0 heterocycles. The van der Waals surface area contributed by atoms with Crippen molar-refractivity contribution in [3.05, 3.63) is 0 Å². The van der Waals surface area contributed by atoms with Crippen LogP contribution in [0.5, 0.6) is 0 Å². The van der Waals surface area contributed by atoms with E-state index in [1.165, 1.54) is 89.1 Å². The Morgan fingerprint density at radius 3 is 1.28 bits per heavy atom. The number of unbranched alkanes of at least 4 members (excludes halogenated alkanes) is 10. The van der Waals surface area contributed by atoms with E-state index in [1.807, 2.05) is 0 Å². The molecule has 0 atom stereocenters. The Morgan fingerprint density at radius 2 is 0.889 bits per heavy atom. The molecule has 1 radical (unpaired) electrons. The summed E-state index contributed by atoms with van der Waals surface area (Å²) in [6.07, 6.45) is 16.8. The molecule has 18 heavy (non-hydrogen) atoms. The van der Waals surface area contributed by atoms with E-state index in [0.29, 0.717) is 0 Å². The quantitative estimate of drug-likeness (QED) is 0.185. The van der Waals surface area contributed by atoms with Crippen LogP contribution in [-0.4, -0.2) is 8.11 Å². The average molecular weight is 290 g/mol. The standard InChI is InChI=1S/C16H34ClSi/c1-3-5-7-9-11-13-15-18(17)16-14-12-10-8-6-4-2/h3-16H2,1-2H3. The van der Waals surface area contributed by atoms with Crippen LogP contribution < -0.4 is 0 Å².